The van der Waals surface area contributed by atoms with Crippen LogP contribution in [0, 0.1) is 0 Å². The molecule has 0 saturated carbocycles. The second-order valence-electron chi connectivity index (χ2n) is 3.43. The molecule has 0 N–H and O–H groups in total. The molecular weight excluding hydrogens is 145 g/mol. The number of hydrogen-bond donors (Lipinski definition) is 0. The van der Waals surface area contributed by atoms with Crippen LogP contribution in [0.1, 0.15) is 12.8 Å². The standard InChI is InChI=1S/C8H16FNO/c1-10-5-3-4-8(9,6-10)7-11-2/h3-7H2,1-2H3/t8-/m0/s1. The Labute approximate surface area is 67.3 Å². The lowest BCUT2D eigenvalue weighted by molar-refractivity contribution is -0.00988. The maximum atomic E-state index is 13.7. The number of piperidine rings is 1. The minimum atomic E-state index is -1.10. The van der Waals surface area contributed by atoms with E-state index in [1.54, 1.807) is 7.11 Å². The highest BCUT2D eigenvalue weighted by atomic mass is 19.1. The van der Waals surface area contributed by atoms with Crippen molar-refractivity contribution in [3.8, 4) is 0 Å². The van der Waals surface area contributed by atoms with E-state index in [1.165, 1.54) is 0 Å². The molecule has 66 valence electrons. The van der Waals surface area contributed by atoms with Gasteiger partial charge >= 0.3 is 0 Å². The second-order valence-corrected chi connectivity index (χ2v) is 3.43. The monoisotopic (exact) mass is 161 g/mol. The molecule has 0 aliphatic carbocycles. The molecule has 0 radical (unpaired) electrons. The first-order chi connectivity index (χ1) is 5.16. The van der Waals surface area contributed by atoms with E-state index >= 15 is 0 Å². The minimum absolute atomic E-state index is 0.233. The van der Waals surface area contributed by atoms with Crippen LogP contribution in [0.25, 0.3) is 0 Å². The Morgan fingerprint density at radius 1 is 1.64 bits per heavy atom. The normalized spacial score (nSPS) is 34.1. The van der Waals surface area contributed by atoms with Gasteiger partial charge in [0.05, 0.1) is 6.61 Å². The van der Waals surface area contributed by atoms with Crippen molar-refractivity contribution in [2.75, 3.05) is 33.9 Å². The molecule has 3 heteroatoms. The van der Waals surface area contributed by atoms with Gasteiger partial charge in [-0.25, -0.2) is 4.39 Å². The molecule has 1 aliphatic heterocycles. The van der Waals surface area contributed by atoms with Crippen LogP contribution in [0.3, 0.4) is 0 Å². The molecule has 0 aromatic rings. The maximum absolute atomic E-state index is 13.7. The number of nitrogens with zero attached hydrogens (tertiary/aromatic N) is 1. The Balaban J connectivity index is 2.41. The van der Waals surface area contributed by atoms with E-state index in [9.17, 15) is 4.39 Å². The van der Waals surface area contributed by atoms with E-state index in [0.29, 0.717) is 13.0 Å². The average Bonchev–Trinajstić information content (AvgIpc) is 1.86. The number of halogens is 1. The molecule has 0 aromatic heterocycles. The zero-order valence-corrected chi connectivity index (χ0v) is 7.27. The van der Waals surface area contributed by atoms with Gasteiger partial charge in [-0.15, -0.1) is 0 Å². The minimum Gasteiger partial charge on any atom is -0.381 e. The van der Waals surface area contributed by atoms with Crippen molar-refractivity contribution < 1.29 is 9.13 Å². The van der Waals surface area contributed by atoms with Crippen molar-refractivity contribution in [2.45, 2.75) is 18.5 Å². The molecule has 1 saturated heterocycles. The van der Waals surface area contributed by atoms with Crippen molar-refractivity contribution in [2.24, 2.45) is 0 Å². The molecule has 1 heterocycles. The number of hydrogen-bond acceptors (Lipinski definition) is 2. The van der Waals surface area contributed by atoms with Crippen LogP contribution in [0.5, 0.6) is 0 Å². The van der Waals surface area contributed by atoms with Gasteiger partial charge in [-0.3, -0.25) is 0 Å². The molecule has 0 aromatic carbocycles. The Bertz CT molecular complexity index is 127. The van der Waals surface area contributed by atoms with Gasteiger partial charge < -0.3 is 9.64 Å². The summed E-state index contributed by atoms with van der Waals surface area (Å²) in [6.07, 6.45) is 1.58. The second kappa shape index (κ2) is 3.50. The molecule has 1 fully saturated rings. The predicted octanol–water partition coefficient (Wildman–Crippen LogP) is 1.07. The third kappa shape index (κ3) is 2.42. The Hall–Kier alpha value is -0.150. The smallest absolute Gasteiger partial charge is 0.146 e. The van der Waals surface area contributed by atoms with Gasteiger partial charge in [-0.05, 0) is 26.4 Å². The highest BCUT2D eigenvalue weighted by Crippen LogP contribution is 2.24. The van der Waals surface area contributed by atoms with E-state index in [4.69, 9.17) is 4.74 Å². The van der Waals surface area contributed by atoms with E-state index in [0.717, 1.165) is 13.0 Å². The van der Waals surface area contributed by atoms with Crippen molar-refractivity contribution in [3.05, 3.63) is 0 Å². The van der Waals surface area contributed by atoms with Gasteiger partial charge in [0.15, 0.2) is 0 Å². The van der Waals surface area contributed by atoms with E-state index in [-0.39, 0.29) is 6.61 Å². The molecule has 2 nitrogen and oxygen atoms in total. The highest BCUT2D eigenvalue weighted by molar-refractivity contribution is 4.86. The zero-order chi connectivity index (χ0) is 8.32. The summed E-state index contributed by atoms with van der Waals surface area (Å²) in [6, 6.07) is 0. The van der Waals surface area contributed by atoms with Crippen LogP contribution in [0.15, 0.2) is 0 Å². The zero-order valence-electron chi connectivity index (χ0n) is 7.27. The van der Waals surface area contributed by atoms with Gasteiger partial charge in [0.25, 0.3) is 0 Å². The molecule has 0 spiro atoms. The molecule has 11 heavy (non-hydrogen) atoms. The number of ether oxygens (including phenoxy) is 1. The first-order valence-electron chi connectivity index (χ1n) is 4.03. The summed E-state index contributed by atoms with van der Waals surface area (Å²) in [5.41, 5.74) is -1.10. The number of alkyl halides is 1. The molecule has 0 bridgehead atoms. The van der Waals surface area contributed by atoms with Gasteiger partial charge in [0, 0.05) is 13.7 Å². The van der Waals surface area contributed by atoms with Crippen LogP contribution in [0.2, 0.25) is 0 Å². The molecule has 0 amide bonds. The third-order valence-corrected chi connectivity index (χ3v) is 2.12. The lowest BCUT2D eigenvalue weighted by Crippen LogP contribution is -2.46. The lowest BCUT2D eigenvalue weighted by atomic mass is 9.96. The molecular formula is C8H16FNO. The Kier molecular flexibility index (Phi) is 2.84. The van der Waals surface area contributed by atoms with Gasteiger partial charge in [-0.1, -0.05) is 0 Å². The topological polar surface area (TPSA) is 12.5 Å². The van der Waals surface area contributed by atoms with E-state index in [2.05, 4.69) is 0 Å². The Morgan fingerprint density at radius 2 is 2.36 bits per heavy atom. The molecule has 0 unspecified atom stereocenters. The summed E-state index contributed by atoms with van der Waals surface area (Å²) < 4.78 is 18.5. The van der Waals surface area contributed by atoms with Gasteiger partial charge in [0.1, 0.15) is 5.67 Å². The molecule has 1 atom stereocenters. The summed E-state index contributed by atoms with van der Waals surface area (Å²) in [7, 11) is 3.50. The average molecular weight is 161 g/mol. The van der Waals surface area contributed by atoms with Crippen molar-refractivity contribution in [1.29, 1.82) is 0 Å². The van der Waals surface area contributed by atoms with Gasteiger partial charge in [-0.2, -0.15) is 0 Å². The fraction of sp³-hybridized carbons (Fsp3) is 1.00. The molecule has 1 aliphatic rings. The third-order valence-electron chi connectivity index (χ3n) is 2.12. The fourth-order valence-electron chi connectivity index (χ4n) is 1.68. The SMILES string of the molecule is COC[C@]1(F)CCCN(C)C1. The van der Waals surface area contributed by atoms with Crippen LogP contribution < -0.4 is 0 Å². The van der Waals surface area contributed by atoms with Crippen LogP contribution in [-0.4, -0.2) is 44.4 Å². The highest BCUT2D eigenvalue weighted by Gasteiger charge is 2.33. The predicted molar refractivity (Wildman–Crippen MR) is 42.4 cm³/mol. The lowest BCUT2D eigenvalue weighted by Gasteiger charge is -2.34. The van der Waals surface area contributed by atoms with E-state index < -0.39 is 5.67 Å². The van der Waals surface area contributed by atoms with Crippen molar-refractivity contribution in [1.82, 2.24) is 4.90 Å². The summed E-state index contributed by atoms with van der Waals surface area (Å²) in [4.78, 5) is 2.02. The fourth-order valence-corrected chi connectivity index (χ4v) is 1.68. The number of methoxy groups -OCH3 is 1. The first-order valence-corrected chi connectivity index (χ1v) is 4.03. The van der Waals surface area contributed by atoms with Crippen LogP contribution >= 0.6 is 0 Å². The number of rotatable bonds is 2. The summed E-state index contributed by atoms with van der Waals surface area (Å²) >= 11 is 0. The van der Waals surface area contributed by atoms with Gasteiger partial charge in [0.2, 0.25) is 0 Å². The summed E-state index contributed by atoms with van der Waals surface area (Å²) in [5, 5.41) is 0. The largest absolute Gasteiger partial charge is 0.381 e. The van der Waals surface area contributed by atoms with E-state index in [1.807, 2.05) is 11.9 Å². The number of likely N-dealkylation sites (tertiary alicyclic amines) is 1. The summed E-state index contributed by atoms with van der Waals surface area (Å²) in [5.74, 6) is 0. The first kappa shape index (κ1) is 8.94. The van der Waals surface area contributed by atoms with Crippen molar-refractivity contribution in [3.63, 3.8) is 0 Å². The van der Waals surface area contributed by atoms with Crippen LogP contribution in [-0.2, 0) is 4.74 Å². The summed E-state index contributed by atoms with van der Waals surface area (Å²) in [6.45, 7) is 1.76. The molecule has 1 rings (SSSR count). The Morgan fingerprint density at radius 3 is 2.91 bits per heavy atom. The van der Waals surface area contributed by atoms with Crippen LogP contribution in [0.4, 0.5) is 4.39 Å². The quantitative estimate of drug-likeness (QED) is 0.600. The van der Waals surface area contributed by atoms with Crippen molar-refractivity contribution >= 4 is 0 Å². The maximum Gasteiger partial charge on any atom is 0.146 e.